The van der Waals surface area contributed by atoms with Gasteiger partial charge in [0.15, 0.2) is 5.16 Å². The lowest BCUT2D eigenvalue weighted by molar-refractivity contribution is -0.118. The fraction of sp³-hybridized carbons (Fsp3) is 0.727. The number of rotatable bonds is 9. The molecule has 0 spiro atoms. The summed E-state index contributed by atoms with van der Waals surface area (Å²) in [4.78, 5) is 23.0. The Bertz CT molecular complexity index is 443. The highest BCUT2D eigenvalue weighted by Gasteiger charge is 2.10. The van der Waals surface area contributed by atoms with Gasteiger partial charge in [0, 0.05) is 26.8 Å². The Hall–Kier alpha value is -1.28. The van der Waals surface area contributed by atoms with Crippen molar-refractivity contribution in [1.29, 1.82) is 0 Å². The molecule has 108 valence electrons. The molecule has 0 saturated carbocycles. The van der Waals surface area contributed by atoms with Crippen LogP contribution in [-0.4, -0.2) is 46.7 Å². The van der Waals surface area contributed by atoms with Crippen LogP contribution in [0.2, 0.25) is 0 Å². The van der Waals surface area contributed by atoms with Gasteiger partial charge < -0.3 is 10.1 Å². The molecule has 8 heteroatoms. The van der Waals surface area contributed by atoms with Crippen molar-refractivity contribution < 1.29 is 9.53 Å². The second kappa shape index (κ2) is 8.76. The molecule has 7 nitrogen and oxygen atoms in total. The van der Waals surface area contributed by atoms with Gasteiger partial charge in [0.25, 0.3) is 0 Å². The van der Waals surface area contributed by atoms with Crippen molar-refractivity contribution in [1.82, 2.24) is 20.1 Å². The number of aromatic nitrogens is 3. The lowest BCUT2D eigenvalue weighted by Gasteiger charge is -2.05. The molecule has 0 fully saturated rings. The minimum absolute atomic E-state index is 0.0502. The van der Waals surface area contributed by atoms with Gasteiger partial charge in [0.1, 0.15) is 0 Å². The van der Waals surface area contributed by atoms with Gasteiger partial charge in [-0.05, 0) is 12.8 Å². The molecule has 0 unspecified atom stereocenters. The molecule has 1 heterocycles. The van der Waals surface area contributed by atoms with E-state index < -0.39 is 0 Å². The fourth-order valence-corrected chi connectivity index (χ4v) is 2.23. The molecule has 0 radical (unpaired) electrons. The number of H-pyrrole nitrogens is 1. The van der Waals surface area contributed by atoms with Crippen molar-refractivity contribution >= 4 is 17.7 Å². The first-order chi connectivity index (χ1) is 9.19. The predicted molar refractivity (Wildman–Crippen MR) is 73.4 cm³/mol. The minimum atomic E-state index is -0.257. The number of nitrogens with one attached hydrogen (secondary N) is 2. The first-order valence-electron chi connectivity index (χ1n) is 6.22. The molecule has 0 aliphatic heterocycles. The highest BCUT2D eigenvalue weighted by molar-refractivity contribution is 7.99. The Morgan fingerprint density at radius 2 is 2.37 bits per heavy atom. The highest BCUT2D eigenvalue weighted by Crippen LogP contribution is 2.12. The Balaban J connectivity index is 2.49. The largest absolute Gasteiger partial charge is 0.385 e. The first kappa shape index (κ1) is 15.8. The van der Waals surface area contributed by atoms with E-state index in [1.165, 1.54) is 16.3 Å². The van der Waals surface area contributed by atoms with Crippen LogP contribution in [0.5, 0.6) is 0 Å². The lowest BCUT2D eigenvalue weighted by Crippen LogP contribution is -2.26. The summed E-state index contributed by atoms with van der Waals surface area (Å²) in [5.41, 5.74) is -0.257. The third kappa shape index (κ3) is 5.48. The van der Waals surface area contributed by atoms with Crippen molar-refractivity contribution in [2.45, 2.75) is 31.5 Å². The third-order valence-electron chi connectivity index (χ3n) is 2.36. The normalized spacial score (nSPS) is 10.6. The van der Waals surface area contributed by atoms with Crippen molar-refractivity contribution in [2.24, 2.45) is 0 Å². The van der Waals surface area contributed by atoms with E-state index in [0.717, 1.165) is 12.8 Å². The molecule has 1 amide bonds. The number of methoxy groups -OCH3 is 1. The number of ether oxygens (including phenoxy) is 1. The molecule has 0 atom stereocenters. The Morgan fingerprint density at radius 3 is 3.05 bits per heavy atom. The van der Waals surface area contributed by atoms with E-state index in [2.05, 4.69) is 15.5 Å². The van der Waals surface area contributed by atoms with Gasteiger partial charge in [-0.25, -0.2) is 9.89 Å². The lowest BCUT2D eigenvalue weighted by atomic mass is 10.4. The molecule has 0 aromatic carbocycles. The highest BCUT2D eigenvalue weighted by atomic mass is 32.2. The molecule has 1 aromatic heterocycles. The van der Waals surface area contributed by atoms with Crippen LogP contribution in [0.15, 0.2) is 9.95 Å². The number of thioether (sulfide) groups is 1. The summed E-state index contributed by atoms with van der Waals surface area (Å²) in [7, 11) is 1.62. The van der Waals surface area contributed by atoms with Crippen LogP contribution in [0.4, 0.5) is 0 Å². The average molecular weight is 288 g/mol. The van der Waals surface area contributed by atoms with Gasteiger partial charge in [0.05, 0.1) is 5.75 Å². The smallest absolute Gasteiger partial charge is 0.343 e. The summed E-state index contributed by atoms with van der Waals surface area (Å²) in [6, 6.07) is 0. The van der Waals surface area contributed by atoms with Crippen LogP contribution in [0, 0.1) is 0 Å². The maximum Gasteiger partial charge on any atom is 0.343 e. The van der Waals surface area contributed by atoms with Crippen LogP contribution < -0.4 is 11.0 Å². The van der Waals surface area contributed by atoms with E-state index in [-0.39, 0.29) is 17.3 Å². The van der Waals surface area contributed by atoms with E-state index in [1.807, 2.05) is 6.92 Å². The summed E-state index contributed by atoms with van der Waals surface area (Å²) in [5.74, 6) is 0.208. The number of carbonyl (C=O) groups excluding carboxylic acids is 1. The number of aromatic amines is 1. The average Bonchev–Trinajstić information content (AvgIpc) is 2.75. The van der Waals surface area contributed by atoms with Crippen molar-refractivity contribution in [3.05, 3.63) is 10.5 Å². The van der Waals surface area contributed by atoms with Gasteiger partial charge in [-0.3, -0.25) is 9.36 Å². The molecule has 0 bridgehead atoms. The van der Waals surface area contributed by atoms with E-state index in [9.17, 15) is 9.59 Å². The maximum atomic E-state index is 11.5. The summed E-state index contributed by atoms with van der Waals surface area (Å²) in [5, 5.41) is 9.62. The molecule has 0 aliphatic rings. The first-order valence-corrected chi connectivity index (χ1v) is 7.21. The monoisotopic (exact) mass is 288 g/mol. The van der Waals surface area contributed by atoms with Crippen molar-refractivity contribution in [3.8, 4) is 0 Å². The van der Waals surface area contributed by atoms with E-state index in [0.29, 0.717) is 24.9 Å². The number of amides is 1. The van der Waals surface area contributed by atoms with Gasteiger partial charge in [0.2, 0.25) is 5.91 Å². The molecule has 1 aromatic rings. The fourth-order valence-electron chi connectivity index (χ4n) is 1.42. The molecule has 0 aliphatic carbocycles. The second-order valence-corrected chi connectivity index (χ2v) is 4.89. The summed E-state index contributed by atoms with van der Waals surface area (Å²) < 4.78 is 6.47. The van der Waals surface area contributed by atoms with Crippen LogP contribution in [-0.2, 0) is 16.1 Å². The van der Waals surface area contributed by atoms with Crippen LogP contribution in [0.3, 0.4) is 0 Å². The van der Waals surface area contributed by atoms with Crippen LogP contribution in [0.1, 0.15) is 19.8 Å². The zero-order valence-electron chi connectivity index (χ0n) is 11.3. The standard InChI is InChI=1S/C11H20N4O3S/c1-3-5-12-9(16)8-19-11-14-13-10(17)15(11)6-4-7-18-2/h3-8H2,1-2H3,(H,12,16)(H,13,17). The molecule has 1 rings (SSSR count). The Morgan fingerprint density at radius 1 is 1.58 bits per heavy atom. The van der Waals surface area contributed by atoms with Crippen LogP contribution in [0.25, 0.3) is 0 Å². The number of nitrogens with zero attached hydrogens (tertiary/aromatic N) is 2. The third-order valence-corrected chi connectivity index (χ3v) is 3.33. The van der Waals surface area contributed by atoms with Crippen molar-refractivity contribution in [2.75, 3.05) is 26.0 Å². The Kier molecular flexibility index (Phi) is 7.27. The number of hydrogen-bond acceptors (Lipinski definition) is 5. The quantitative estimate of drug-likeness (QED) is 0.501. The van der Waals surface area contributed by atoms with E-state index in [1.54, 1.807) is 7.11 Å². The number of carbonyl (C=O) groups is 1. The van der Waals surface area contributed by atoms with Gasteiger partial charge >= 0.3 is 5.69 Å². The molecule has 19 heavy (non-hydrogen) atoms. The summed E-state index contributed by atoms with van der Waals surface area (Å²) >= 11 is 1.25. The zero-order valence-corrected chi connectivity index (χ0v) is 12.1. The minimum Gasteiger partial charge on any atom is -0.385 e. The summed E-state index contributed by atoms with van der Waals surface area (Å²) in [6.45, 7) is 3.77. The Labute approximate surface area is 116 Å². The van der Waals surface area contributed by atoms with Gasteiger partial charge in [-0.1, -0.05) is 18.7 Å². The number of hydrogen-bond donors (Lipinski definition) is 2. The van der Waals surface area contributed by atoms with Crippen molar-refractivity contribution in [3.63, 3.8) is 0 Å². The summed E-state index contributed by atoms with van der Waals surface area (Å²) in [6.07, 6.45) is 1.63. The van der Waals surface area contributed by atoms with Gasteiger partial charge in [-0.15, -0.1) is 5.10 Å². The van der Waals surface area contributed by atoms with E-state index >= 15 is 0 Å². The van der Waals surface area contributed by atoms with Gasteiger partial charge in [-0.2, -0.15) is 0 Å². The second-order valence-electron chi connectivity index (χ2n) is 3.95. The zero-order chi connectivity index (χ0) is 14.1. The topological polar surface area (TPSA) is 89.0 Å². The SMILES string of the molecule is CCCNC(=O)CSc1n[nH]c(=O)n1CCCOC. The molecule has 2 N–H and O–H groups in total. The molecule has 0 saturated heterocycles. The van der Waals surface area contributed by atoms with Crippen LogP contribution >= 0.6 is 11.8 Å². The molecular weight excluding hydrogens is 268 g/mol. The van der Waals surface area contributed by atoms with E-state index in [4.69, 9.17) is 4.74 Å². The predicted octanol–water partition coefficient (Wildman–Crippen LogP) is 0.226. The molecular formula is C11H20N4O3S. The maximum absolute atomic E-state index is 11.5.